The molecule has 0 aliphatic carbocycles. The van der Waals surface area contributed by atoms with E-state index in [2.05, 4.69) is 15.9 Å². The summed E-state index contributed by atoms with van der Waals surface area (Å²) in [6, 6.07) is 3.13. The standard InChI is InChI=1S/C8H8BrF2N/c1-4-6(12)3-2-5(9)7(4)8(10)11/h2-3,8H,12H2,1H3. The second-order valence-corrected chi connectivity index (χ2v) is 3.33. The van der Waals surface area contributed by atoms with Crippen molar-refractivity contribution in [2.75, 3.05) is 5.73 Å². The van der Waals surface area contributed by atoms with Crippen molar-refractivity contribution < 1.29 is 8.78 Å². The molecule has 0 bridgehead atoms. The maximum atomic E-state index is 12.4. The number of alkyl halides is 2. The van der Waals surface area contributed by atoms with Gasteiger partial charge in [-0.25, -0.2) is 8.78 Å². The first-order valence-electron chi connectivity index (χ1n) is 3.36. The van der Waals surface area contributed by atoms with Gasteiger partial charge >= 0.3 is 0 Å². The van der Waals surface area contributed by atoms with Gasteiger partial charge in [-0.05, 0) is 24.6 Å². The topological polar surface area (TPSA) is 26.0 Å². The number of benzene rings is 1. The third-order valence-corrected chi connectivity index (χ3v) is 2.41. The molecule has 1 rings (SSSR count). The second kappa shape index (κ2) is 3.39. The predicted octanol–water partition coefficient (Wildman–Crippen LogP) is 3.28. The Bertz CT molecular complexity index is 299. The lowest BCUT2D eigenvalue weighted by Gasteiger charge is -2.09. The van der Waals surface area contributed by atoms with Crippen LogP contribution in [0.15, 0.2) is 16.6 Å². The van der Waals surface area contributed by atoms with Gasteiger partial charge < -0.3 is 5.73 Å². The third-order valence-electron chi connectivity index (χ3n) is 1.72. The Morgan fingerprint density at radius 1 is 1.42 bits per heavy atom. The van der Waals surface area contributed by atoms with E-state index in [4.69, 9.17) is 5.73 Å². The smallest absolute Gasteiger partial charge is 0.265 e. The summed E-state index contributed by atoms with van der Waals surface area (Å²) in [5.41, 5.74) is 6.30. The molecule has 0 saturated carbocycles. The molecule has 66 valence electrons. The summed E-state index contributed by atoms with van der Waals surface area (Å²) < 4.78 is 25.2. The zero-order valence-corrected chi connectivity index (χ0v) is 8.03. The molecule has 0 unspecified atom stereocenters. The van der Waals surface area contributed by atoms with Gasteiger partial charge in [0.1, 0.15) is 0 Å². The summed E-state index contributed by atoms with van der Waals surface area (Å²) >= 11 is 3.05. The van der Waals surface area contributed by atoms with Crippen LogP contribution >= 0.6 is 15.9 Å². The fourth-order valence-corrected chi connectivity index (χ4v) is 1.58. The van der Waals surface area contributed by atoms with Crippen LogP contribution in [0.3, 0.4) is 0 Å². The molecule has 1 aromatic rings. The van der Waals surface area contributed by atoms with Gasteiger partial charge in [0.2, 0.25) is 0 Å². The quantitative estimate of drug-likeness (QED) is 0.744. The number of hydrogen-bond acceptors (Lipinski definition) is 1. The molecule has 0 aliphatic heterocycles. The number of nitrogen functional groups attached to an aromatic ring is 1. The van der Waals surface area contributed by atoms with Gasteiger partial charge in [0, 0.05) is 15.7 Å². The summed E-state index contributed by atoms with van der Waals surface area (Å²) in [7, 11) is 0. The van der Waals surface area contributed by atoms with Crippen LogP contribution in [0.4, 0.5) is 14.5 Å². The summed E-state index contributed by atoms with van der Waals surface area (Å²) in [6.07, 6.45) is -2.48. The van der Waals surface area contributed by atoms with E-state index in [1.807, 2.05) is 0 Å². The molecular weight excluding hydrogens is 228 g/mol. The van der Waals surface area contributed by atoms with Crippen LogP contribution in [0.5, 0.6) is 0 Å². The van der Waals surface area contributed by atoms with E-state index >= 15 is 0 Å². The second-order valence-electron chi connectivity index (χ2n) is 2.48. The highest BCUT2D eigenvalue weighted by molar-refractivity contribution is 9.10. The molecular formula is C8H8BrF2N. The zero-order chi connectivity index (χ0) is 9.30. The minimum atomic E-state index is -2.48. The lowest BCUT2D eigenvalue weighted by atomic mass is 10.1. The first kappa shape index (κ1) is 9.45. The lowest BCUT2D eigenvalue weighted by molar-refractivity contribution is 0.150. The fourth-order valence-electron chi connectivity index (χ4n) is 0.980. The molecule has 0 heterocycles. The molecule has 2 N–H and O–H groups in total. The monoisotopic (exact) mass is 235 g/mol. The molecule has 0 atom stereocenters. The fraction of sp³-hybridized carbons (Fsp3) is 0.250. The van der Waals surface area contributed by atoms with Crippen LogP contribution in [0.1, 0.15) is 17.6 Å². The van der Waals surface area contributed by atoms with Crippen LogP contribution in [0.2, 0.25) is 0 Å². The van der Waals surface area contributed by atoms with Gasteiger partial charge in [0.15, 0.2) is 0 Å². The molecule has 0 radical (unpaired) electrons. The average molecular weight is 236 g/mol. The molecule has 4 heteroatoms. The van der Waals surface area contributed by atoms with Gasteiger partial charge in [0.25, 0.3) is 6.43 Å². The first-order valence-corrected chi connectivity index (χ1v) is 4.16. The highest BCUT2D eigenvalue weighted by Crippen LogP contribution is 2.32. The summed E-state index contributed by atoms with van der Waals surface area (Å²) in [5, 5.41) is 0. The van der Waals surface area contributed by atoms with Gasteiger partial charge in [-0.3, -0.25) is 0 Å². The third kappa shape index (κ3) is 1.58. The van der Waals surface area contributed by atoms with E-state index in [1.165, 1.54) is 6.07 Å². The molecule has 0 amide bonds. The molecule has 0 saturated heterocycles. The highest BCUT2D eigenvalue weighted by atomic mass is 79.9. The van der Waals surface area contributed by atoms with Gasteiger partial charge in [-0.15, -0.1) is 0 Å². The van der Waals surface area contributed by atoms with Crippen molar-refractivity contribution >= 4 is 21.6 Å². The van der Waals surface area contributed by atoms with Gasteiger partial charge in [0.05, 0.1) is 0 Å². The molecule has 12 heavy (non-hydrogen) atoms. The Hall–Kier alpha value is -0.640. The van der Waals surface area contributed by atoms with E-state index in [0.29, 0.717) is 15.7 Å². The summed E-state index contributed by atoms with van der Waals surface area (Å²) in [5.74, 6) is 0. The Balaban J connectivity index is 3.33. The maximum Gasteiger partial charge on any atom is 0.265 e. The maximum absolute atomic E-state index is 12.4. The number of halogens is 3. The molecule has 1 aromatic carbocycles. The Morgan fingerprint density at radius 2 is 2.00 bits per heavy atom. The molecule has 1 nitrogen and oxygen atoms in total. The van der Waals surface area contributed by atoms with Crippen molar-refractivity contribution in [2.24, 2.45) is 0 Å². The summed E-state index contributed by atoms with van der Waals surface area (Å²) in [4.78, 5) is 0. The van der Waals surface area contributed by atoms with Gasteiger partial charge in [-0.2, -0.15) is 0 Å². The van der Waals surface area contributed by atoms with E-state index in [0.717, 1.165) is 0 Å². The molecule has 0 spiro atoms. The van der Waals surface area contributed by atoms with Crippen molar-refractivity contribution in [1.29, 1.82) is 0 Å². The van der Waals surface area contributed by atoms with Crippen molar-refractivity contribution in [3.63, 3.8) is 0 Å². The largest absolute Gasteiger partial charge is 0.399 e. The lowest BCUT2D eigenvalue weighted by Crippen LogP contribution is -1.97. The number of hydrogen-bond donors (Lipinski definition) is 1. The zero-order valence-electron chi connectivity index (χ0n) is 6.44. The van der Waals surface area contributed by atoms with E-state index < -0.39 is 6.43 Å². The van der Waals surface area contributed by atoms with Crippen LogP contribution in [-0.2, 0) is 0 Å². The molecule has 0 aromatic heterocycles. The van der Waals surface area contributed by atoms with E-state index in [9.17, 15) is 8.78 Å². The van der Waals surface area contributed by atoms with Crippen LogP contribution < -0.4 is 5.73 Å². The average Bonchev–Trinajstić information content (AvgIpc) is 1.97. The first-order chi connectivity index (χ1) is 5.54. The Labute approximate surface area is 77.7 Å². The van der Waals surface area contributed by atoms with Crippen LogP contribution in [0, 0.1) is 6.92 Å². The van der Waals surface area contributed by atoms with Crippen LogP contribution in [-0.4, -0.2) is 0 Å². The Morgan fingerprint density at radius 3 is 2.42 bits per heavy atom. The number of rotatable bonds is 1. The van der Waals surface area contributed by atoms with Crippen LogP contribution in [0.25, 0.3) is 0 Å². The van der Waals surface area contributed by atoms with E-state index in [-0.39, 0.29) is 5.56 Å². The van der Waals surface area contributed by atoms with Crippen molar-refractivity contribution in [3.05, 3.63) is 27.7 Å². The number of anilines is 1. The Kier molecular flexibility index (Phi) is 2.67. The van der Waals surface area contributed by atoms with Crippen molar-refractivity contribution in [3.8, 4) is 0 Å². The normalized spacial score (nSPS) is 10.8. The SMILES string of the molecule is Cc1c(N)ccc(Br)c1C(F)F. The van der Waals surface area contributed by atoms with Crippen molar-refractivity contribution in [2.45, 2.75) is 13.3 Å². The predicted molar refractivity (Wildman–Crippen MR) is 48.2 cm³/mol. The minimum Gasteiger partial charge on any atom is -0.399 e. The molecule has 0 fully saturated rings. The summed E-state index contributed by atoms with van der Waals surface area (Å²) in [6.45, 7) is 1.58. The van der Waals surface area contributed by atoms with Crippen molar-refractivity contribution in [1.82, 2.24) is 0 Å². The molecule has 0 aliphatic rings. The minimum absolute atomic E-state index is 0.0185. The van der Waals surface area contributed by atoms with E-state index in [1.54, 1.807) is 13.0 Å². The highest BCUT2D eigenvalue weighted by Gasteiger charge is 2.15. The van der Waals surface area contributed by atoms with Gasteiger partial charge in [-0.1, -0.05) is 15.9 Å². The number of nitrogens with two attached hydrogens (primary N) is 1.